The van der Waals surface area contributed by atoms with Crippen molar-refractivity contribution in [2.75, 3.05) is 16.3 Å². The molecule has 1 atom stereocenters. The van der Waals surface area contributed by atoms with Crippen LogP contribution in [-0.4, -0.2) is 29.0 Å². The fraction of sp³-hybridized carbons (Fsp3) is 0.370. The number of anilines is 2. The summed E-state index contributed by atoms with van der Waals surface area (Å²) in [6, 6.07) is 11.6. The summed E-state index contributed by atoms with van der Waals surface area (Å²) >= 11 is 8.73. The number of nitrogens with zero attached hydrogens (tertiary/aromatic N) is 2. The number of hydrogen-bond donors (Lipinski definition) is 1. The van der Waals surface area contributed by atoms with E-state index in [0.717, 1.165) is 35.0 Å². The third-order valence-corrected chi connectivity index (χ3v) is 7.52. The zero-order valence-corrected chi connectivity index (χ0v) is 22.6. The smallest absolute Gasteiger partial charge is 0.270 e. The molecule has 2 aliphatic rings. The van der Waals surface area contributed by atoms with Gasteiger partial charge in [0.2, 0.25) is 0 Å². The summed E-state index contributed by atoms with van der Waals surface area (Å²) in [5.41, 5.74) is 5.18. The van der Waals surface area contributed by atoms with Crippen LogP contribution in [0.15, 0.2) is 46.4 Å². The number of nitrogens with one attached hydrogen (secondary N) is 1. The predicted octanol–water partition coefficient (Wildman–Crippen LogP) is 6.09. The highest BCUT2D eigenvalue weighted by atomic mass is 79.9. The highest BCUT2D eigenvalue weighted by molar-refractivity contribution is 9.10. The molecule has 0 radical (unpaired) electrons. The first-order valence-electron chi connectivity index (χ1n) is 11.6. The van der Waals surface area contributed by atoms with Crippen LogP contribution >= 0.6 is 28.1 Å². The van der Waals surface area contributed by atoms with Crippen LogP contribution in [0.2, 0.25) is 0 Å². The Labute approximate surface area is 215 Å². The molecular weight excluding hydrogens is 510 g/mol. The minimum Gasteiger partial charge on any atom is -0.366 e. The van der Waals surface area contributed by atoms with Crippen molar-refractivity contribution in [1.82, 2.24) is 5.32 Å². The Hall–Kier alpha value is -2.51. The summed E-state index contributed by atoms with van der Waals surface area (Å²) in [6.45, 7) is 12.1. The second-order valence-electron chi connectivity index (χ2n) is 9.77. The quantitative estimate of drug-likeness (QED) is 0.290. The van der Waals surface area contributed by atoms with Crippen LogP contribution in [0, 0.1) is 6.92 Å². The van der Waals surface area contributed by atoms with E-state index in [1.165, 1.54) is 16.2 Å². The van der Waals surface area contributed by atoms with Gasteiger partial charge in [-0.3, -0.25) is 19.8 Å². The zero-order valence-electron chi connectivity index (χ0n) is 20.2. The van der Waals surface area contributed by atoms with Gasteiger partial charge in [-0.25, -0.2) is 0 Å². The van der Waals surface area contributed by atoms with E-state index >= 15 is 0 Å². The maximum Gasteiger partial charge on any atom is 0.270 e. The molecule has 34 heavy (non-hydrogen) atoms. The maximum absolute atomic E-state index is 13.4. The molecule has 0 bridgehead atoms. The van der Waals surface area contributed by atoms with Crippen LogP contribution in [-0.2, 0) is 9.59 Å². The molecule has 2 aromatic rings. The van der Waals surface area contributed by atoms with E-state index in [2.05, 4.69) is 66.0 Å². The average Bonchev–Trinajstić information content (AvgIpc) is 2.75. The maximum atomic E-state index is 13.4. The molecular formula is C27H30BrN3O2S. The lowest BCUT2D eigenvalue weighted by Gasteiger charge is -2.48. The van der Waals surface area contributed by atoms with Gasteiger partial charge in [0.1, 0.15) is 5.57 Å². The second kappa shape index (κ2) is 9.27. The van der Waals surface area contributed by atoms with E-state index in [1.807, 2.05) is 19.1 Å². The van der Waals surface area contributed by atoms with E-state index in [1.54, 1.807) is 18.2 Å². The summed E-state index contributed by atoms with van der Waals surface area (Å²) in [7, 11) is 0. The second-order valence-corrected chi connectivity index (χ2v) is 11.1. The minimum atomic E-state index is -0.470. The van der Waals surface area contributed by atoms with Crippen LogP contribution in [0.3, 0.4) is 0 Å². The number of hydrogen-bond acceptors (Lipinski definition) is 4. The van der Waals surface area contributed by atoms with Crippen molar-refractivity contribution in [1.29, 1.82) is 0 Å². The van der Waals surface area contributed by atoms with E-state index in [0.29, 0.717) is 11.6 Å². The highest BCUT2D eigenvalue weighted by Crippen LogP contribution is 2.44. The van der Waals surface area contributed by atoms with Crippen molar-refractivity contribution in [3.8, 4) is 0 Å². The molecule has 0 saturated carbocycles. The summed E-state index contributed by atoms with van der Waals surface area (Å²) < 4.78 is 0.894. The lowest BCUT2D eigenvalue weighted by atomic mass is 9.78. The number of carbonyl (C=O) groups excluding carboxylic acids is 2. The number of rotatable bonds is 4. The molecule has 4 rings (SSSR count). The topological polar surface area (TPSA) is 52.7 Å². The molecule has 2 aliphatic heterocycles. The first kappa shape index (κ1) is 24.6. The Balaban J connectivity index is 1.77. The number of fused-ring (bicyclic) bond motifs is 1. The SMILES string of the molecule is CCCN1c2cc(C)c(/C=C3/C(=O)NC(=S)N(c4ccc(Br)cc4)C3=O)cc2C(C)CC1(C)C. The molecule has 2 heterocycles. The molecule has 1 saturated heterocycles. The highest BCUT2D eigenvalue weighted by Gasteiger charge is 2.37. The standard InChI is InChI=1S/C27H30BrN3O2S/c1-6-11-30-23-12-16(2)18(13-21(23)17(3)15-27(30,4)5)14-22-24(32)29-26(34)31(25(22)33)20-9-7-19(28)8-10-20/h7-10,12-14,17H,6,11,15H2,1-5H3,(H,29,32,34)/b22-14-. The van der Waals surface area contributed by atoms with Crippen molar-refractivity contribution in [3.05, 3.63) is 63.1 Å². The lowest BCUT2D eigenvalue weighted by molar-refractivity contribution is -0.122. The number of thiocarbonyl (C=S) groups is 1. The van der Waals surface area contributed by atoms with Gasteiger partial charge in [0.25, 0.3) is 11.8 Å². The molecule has 1 fully saturated rings. The number of benzene rings is 2. The van der Waals surface area contributed by atoms with Crippen LogP contribution in [0.4, 0.5) is 11.4 Å². The van der Waals surface area contributed by atoms with Crippen molar-refractivity contribution in [2.24, 2.45) is 0 Å². The van der Waals surface area contributed by atoms with Gasteiger partial charge < -0.3 is 4.90 Å². The molecule has 1 unspecified atom stereocenters. The van der Waals surface area contributed by atoms with Crippen LogP contribution in [0.25, 0.3) is 6.08 Å². The van der Waals surface area contributed by atoms with Crippen LogP contribution in [0.1, 0.15) is 63.1 Å². The molecule has 1 N–H and O–H groups in total. The monoisotopic (exact) mass is 539 g/mol. The Kier molecular flexibility index (Phi) is 6.71. The van der Waals surface area contributed by atoms with Crippen molar-refractivity contribution >= 4 is 62.5 Å². The van der Waals surface area contributed by atoms with Crippen molar-refractivity contribution in [2.45, 2.75) is 58.9 Å². The Morgan fingerprint density at radius 3 is 2.53 bits per heavy atom. The number of aryl methyl sites for hydroxylation is 1. The van der Waals surface area contributed by atoms with Gasteiger partial charge in [-0.05, 0) is 111 Å². The van der Waals surface area contributed by atoms with Gasteiger partial charge in [0.05, 0.1) is 5.69 Å². The molecule has 5 nitrogen and oxygen atoms in total. The van der Waals surface area contributed by atoms with Crippen molar-refractivity contribution < 1.29 is 9.59 Å². The normalized spacial score (nSPS) is 21.1. The van der Waals surface area contributed by atoms with Gasteiger partial charge in [-0.2, -0.15) is 0 Å². The van der Waals surface area contributed by atoms with E-state index in [4.69, 9.17) is 12.2 Å². The lowest BCUT2D eigenvalue weighted by Crippen LogP contribution is -2.54. The summed E-state index contributed by atoms with van der Waals surface area (Å²) in [4.78, 5) is 30.1. The summed E-state index contributed by atoms with van der Waals surface area (Å²) in [6.07, 6.45) is 3.82. The van der Waals surface area contributed by atoms with Gasteiger partial charge in [0, 0.05) is 22.2 Å². The largest absolute Gasteiger partial charge is 0.366 e. The van der Waals surface area contributed by atoms with Crippen molar-refractivity contribution in [3.63, 3.8) is 0 Å². The fourth-order valence-electron chi connectivity index (χ4n) is 5.09. The van der Waals surface area contributed by atoms with Gasteiger partial charge in [-0.15, -0.1) is 0 Å². The predicted molar refractivity (Wildman–Crippen MR) is 146 cm³/mol. The Morgan fingerprint density at radius 1 is 1.21 bits per heavy atom. The third-order valence-electron chi connectivity index (χ3n) is 6.71. The Morgan fingerprint density at radius 2 is 1.88 bits per heavy atom. The number of amides is 2. The van der Waals surface area contributed by atoms with Crippen LogP contribution < -0.4 is 15.1 Å². The molecule has 2 amide bonds. The van der Waals surface area contributed by atoms with Gasteiger partial charge in [-0.1, -0.05) is 29.8 Å². The number of carbonyl (C=O) groups is 2. The molecule has 0 aromatic heterocycles. The molecule has 0 aliphatic carbocycles. The first-order chi connectivity index (χ1) is 16.0. The van der Waals surface area contributed by atoms with E-state index in [9.17, 15) is 9.59 Å². The summed E-state index contributed by atoms with van der Waals surface area (Å²) in [5, 5.41) is 2.76. The molecule has 2 aromatic carbocycles. The zero-order chi connectivity index (χ0) is 24.8. The van der Waals surface area contributed by atoms with Gasteiger partial charge in [0.15, 0.2) is 5.11 Å². The fourth-order valence-corrected chi connectivity index (χ4v) is 5.64. The Bertz CT molecular complexity index is 1200. The first-order valence-corrected chi connectivity index (χ1v) is 12.8. The van der Waals surface area contributed by atoms with E-state index < -0.39 is 11.8 Å². The van der Waals surface area contributed by atoms with Crippen LogP contribution in [0.5, 0.6) is 0 Å². The number of halogens is 1. The molecule has 7 heteroatoms. The minimum absolute atomic E-state index is 0.0776. The third kappa shape index (κ3) is 4.43. The molecule has 178 valence electrons. The van der Waals surface area contributed by atoms with Gasteiger partial charge >= 0.3 is 0 Å². The summed E-state index contributed by atoms with van der Waals surface area (Å²) in [5.74, 6) is -0.518. The van der Waals surface area contributed by atoms with E-state index in [-0.39, 0.29) is 16.2 Å². The molecule has 0 spiro atoms. The average molecular weight is 541 g/mol.